The monoisotopic (exact) mass is 452 g/mol. The topological polar surface area (TPSA) is 86.9 Å². The maximum Gasteiger partial charge on any atom is 0.265 e. The average Bonchev–Trinajstić information content (AvgIpc) is 3.17. The minimum Gasteiger partial charge on any atom is -0.392 e. The van der Waals surface area contributed by atoms with Crippen LogP contribution in [0, 0.1) is 0 Å². The number of β-amino-alcohol motifs (C(OH)–C–C–N with tert-alkyl or cyclic N) is 1. The van der Waals surface area contributed by atoms with Crippen LogP contribution < -0.4 is 10.9 Å². The number of benzene rings is 2. The Morgan fingerprint density at radius 3 is 2.78 bits per heavy atom. The number of likely N-dealkylation sites (tertiary alicyclic amines) is 1. The van der Waals surface area contributed by atoms with Gasteiger partial charge in [-0.3, -0.25) is 18.9 Å². The van der Waals surface area contributed by atoms with Gasteiger partial charge in [0.05, 0.1) is 22.6 Å². The van der Waals surface area contributed by atoms with Gasteiger partial charge in [0.1, 0.15) is 0 Å². The molecule has 5 rings (SSSR count). The Morgan fingerprint density at radius 2 is 2.00 bits per heavy atom. The summed E-state index contributed by atoms with van der Waals surface area (Å²) in [6, 6.07) is 14.8. The van der Waals surface area contributed by atoms with Crippen LogP contribution in [0.1, 0.15) is 23.7 Å². The summed E-state index contributed by atoms with van der Waals surface area (Å²) in [4.78, 5) is 33.1. The van der Waals surface area contributed by atoms with Crippen molar-refractivity contribution in [3.8, 4) is 0 Å². The first kappa shape index (κ1) is 22.2. The van der Waals surface area contributed by atoms with Crippen molar-refractivity contribution in [2.45, 2.75) is 25.5 Å². The highest BCUT2D eigenvalue weighted by molar-refractivity contribution is 6.07. The van der Waals surface area contributed by atoms with Gasteiger partial charge >= 0.3 is 0 Å². The van der Waals surface area contributed by atoms with Gasteiger partial charge in [-0.25, -0.2) is 4.98 Å². The molecule has 2 atom stereocenters. The smallest absolute Gasteiger partial charge is 0.265 e. The maximum atomic E-state index is 13.2. The van der Waals surface area contributed by atoms with Gasteiger partial charge in [0.25, 0.3) is 11.5 Å². The minimum atomic E-state index is -0.292. The molecule has 4 aromatic rings. The quantitative estimate of drug-likeness (QED) is 0.367. The summed E-state index contributed by atoms with van der Waals surface area (Å²) in [6.45, 7) is 4.06. The van der Waals surface area contributed by atoms with Crippen LogP contribution in [0.5, 0.6) is 0 Å². The van der Waals surface area contributed by atoms with Gasteiger partial charge < -0.3 is 10.4 Å². The first-order valence-electron chi connectivity index (χ1n) is 10.6. The SMILES string of the molecule is CC(CN1CC[C@@H](O)C1)NC(=O)c1cccn2c(=O)c3ccc4ccccc4c3nc12.Cl. The zero-order valence-electron chi connectivity index (χ0n) is 17.7. The molecule has 3 heterocycles. The van der Waals surface area contributed by atoms with Gasteiger partial charge in [0, 0.05) is 37.3 Å². The van der Waals surface area contributed by atoms with Gasteiger partial charge in [0.2, 0.25) is 0 Å². The fourth-order valence-corrected chi connectivity index (χ4v) is 4.45. The second-order valence-corrected chi connectivity index (χ2v) is 8.29. The largest absolute Gasteiger partial charge is 0.392 e. The number of nitrogens with zero attached hydrogens (tertiary/aromatic N) is 3. The number of hydrogen-bond acceptors (Lipinski definition) is 5. The van der Waals surface area contributed by atoms with E-state index >= 15 is 0 Å². The molecule has 2 aromatic carbocycles. The van der Waals surface area contributed by atoms with Crippen molar-refractivity contribution >= 4 is 45.6 Å². The summed E-state index contributed by atoms with van der Waals surface area (Å²) in [7, 11) is 0. The van der Waals surface area contributed by atoms with E-state index in [2.05, 4.69) is 10.2 Å². The van der Waals surface area contributed by atoms with Crippen LogP contribution in [-0.4, -0.2) is 57.1 Å². The average molecular weight is 453 g/mol. The molecule has 0 bridgehead atoms. The van der Waals surface area contributed by atoms with E-state index < -0.39 is 0 Å². The number of aliphatic hydroxyl groups excluding tert-OH is 1. The van der Waals surface area contributed by atoms with Crippen molar-refractivity contribution in [3.63, 3.8) is 0 Å². The number of rotatable bonds is 4. The number of pyridine rings is 1. The number of amides is 1. The summed E-state index contributed by atoms with van der Waals surface area (Å²) >= 11 is 0. The van der Waals surface area contributed by atoms with Crippen molar-refractivity contribution in [3.05, 3.63) is 70.6 Å². The molecule has 1 amide bonds. The van der Waals surface area contributed by atoms with Crippen molar-refractivity contribution in [2.75, 3.05) is 19.6 Å². The van der Waals surface area contributed by atoms with E-state index in [1.54, 1.807) is 24.4 Å². The highest BCUT2D eigenvalue weighted by Crippen LogP contribution is 2.23. The van der Waals surface area contributed by atoms with E-state index in [9.17, 15) is 14.7 Å². The fraction of sp³-hybridized carbons (Fsp3) is 0.292. The molecule has 1 aliphatic heterocycles. The molecule has 7 nitrogen and oxygen atoms in total. The molecule has 1 aliphatic rings. The lowest BCUT2D eigenvalue weighted by molar-refractivity contribution is 0.0931. The van der Waals surface area contributed by atoms with Crippen LogP contribution in [0.3, 0.4) is 0 Å². The lowest BCUT2D eigenvalue weighted by Gasteiger charge is -2.21. The third-order valence-corrected chi connectivity index (χ3v) is 5.94. The number of fused-ring (bicyclic) bond motifs is 4. The number of carbonyl (C=O) groups is 1. The standard InChI is InChI=1S/C24H24N4O3.ClH/c1-15(13-27-12-10-17(29)14-27)25-23(30)20-7-4-11-28-22(20)26-21-18-6-3-2-5-16(18)8-9-19(21)24(28)31;/h2-9,11,15,17,29H,10,12-14H2,1H3,(H,25,30);1H/t15?,17-;/m1./s1. The predicted octanol–water partition coefficient (Wildman–Crippen LogP) is 2.61. The van der Waals surface area contributed by atoms with Crippen LogP contribution in [0.2, 0.25) is 0 Å². The Labute approximate surface area is 191 Å². The lowest BCUT2D eigenvalue weighted by Crippen LogP contribution is -2.41. The van der Waals surface area contributed by atoms with Gasteiger partial charge in [-0.05, 0) is 36.9 Å². The van der Waals surface area contributed by atoms with Gasteiger partial charge in [-0.1, -0.05) is 30.3 Å². The molecule has 0 radical (unpaired) electrons. The summed E-state index contributed by atoms with van der Waals surface area (Å²) in [5.74, 6) is -0.267. The number of halogens is 1. The van der Waals surface area contributed by atoms with Gasteiger partial charge in [-0.15, -0.1) is 12.4 Å². The van der Waals surface area contributed by atoms with E-state index in [4.69, 9.17) is 4.98 Å². The van der Waals surface area contributed by atoms with E-state index in [-0.39, 0.29) is 36.0 Å². The fourth-order valence-electron chi connectivity index (χ4n) is 4.45. The van der Waals surface area contributed by atoms with E-state index in [0.29, 0.717) is 35.2 Å². The number of nitrogens with one attached hydrogen (secondary N) is 1. The molecule has 8 heteroatoms. The lowest BCUT2D eigenvalue weighted by atomic mass is 10.1. The normalized spacial score (nSPS) is 17.5. The molecule has 1 fully saturated rings. The first-order valence-corrected chi connectivity index (χ1v) is 10.6. The predicted molar refractivity (Wildman–Crippen MR) is 128 cm³/mol. The number of aliphatic hydroxyl groups is 1. The van der Waals surface area contributed by atoms with Crippen molar-refractivity contribution < 1.29 is 9.90 Å². The second kappa shape index (κ2) is 8.86. The van der Waals surface area contributed by atoms with E-state index in [0.717, 1.165) is 23.7 Å². The highest BCUT2D eigenvalue weighted by atomic mass is 35.5. The Balaban J connectivity index is 0.00000245. The summed E-state index contributed by atoms with van der Waals surface area (Å²) < 4.78 is 1.44. The third-order valence-electron chi connectivity index (χ3n) is 5.94. The Bertz CT molecular complexity index is 1370. The van der Waals surface area contributed by atoms with Crippen molar-refractivity contribution in [1.29, 1.82) is 0 Å². The Hall–Kier alpha value is -3.00. The van der Waals surface area contributed by atoms with Crippen molar-refractivity contribution in [2.24, 2.45) is 0 Å². The van der Waals surface area contributed by atoms with Gasteiger partial charge in [-0.2, -0.15) is 0 Å². The summed E-state index contributed by atoms with van der Waals surface area (Å²) in [5.41, 5.74) is 1.11. The molecule has 1 unspecified atom stereocenters. The number of aromatic nitrogens is 2. The molecule has 2 N–H and O–H groups in total. The molecule has 166 valence electrons. The zero-order valence-corrected chi connectivity index (χ0v) is 18.5. The molecule has 0 spiro atoms. The number of hydrogen-bond donors (Lipinski definition) is 2. The van der Waals surface area contributed by atoms with Gasteiger partial charge in [0.15, 0.2) is 5.65 Å². The summed E-state index contributed by atoms with van der Waals surface area (Å²) in [6.07, 6.45) is 2.11. The molecule has 32 heavy (non-hydrogen) atoms. The van der Waals surface area contributed by atoms with Crippen molar-refractivity contribution in [1.82, 2.24) is 19.6 Å². The van der Waals surface area contributed by atoms with Crippen LogP contribution in [0.25, 0.3) is 27.3 Å². The molecule has 0 saturated carbocycles. The van der Waals surface area contributed by atoms with E-state index in [1.165, 1.54) is 4.40 Å². The molecular weight excluding hydrogens is 428 g/mol. The molecule has 2 aromatic heterocycles. The van der Waals surface area contributed by atoms with Crippen LogP contribution in [-0.2, 0) is 0 Å². The van der Waals surface area contributed by atoms with Crippen LogP contribution in [0.15, 0.2) is 59.5 Å². The van der Waals surface area contributed by atoms with E-state index in [1.807, 2.05) is 37.3 Å². The Morgan fingerprint density at radius 1 is 1.19 bits per heavy atom. The van der Waals surface area contributed by atoms with Crippen LogP contribution >= 0.6 is 12.4 Å². The highest BCUT2D eigenvalue weighted by Gasteiger charge is 2.23. The zero-order chi connectivity index (χ0) is 21.5. The third kappa shape index (κ3) is 3.95. The second-order valence-electron chi connectivity index (χ2n) is 8.29. The Kier molecular flexibility index (Phi) is 6.15. The molecule has 0 aliphatic carbocycles. The maximum absolute atomic E-state index is 13.2. The summed E-state index contributed by atoms with van der Waals surface area (Å²) in [5, 5.41) is 15.1. The number of carbonyl (C=O) groups excluding carboxylic acids is 1. The minimum absolute atomic E-state index is 0. The first-order chi connectivity index (χ1) is 15.0. The molecular formula is C24H25ClN4O3. The van der Waals surface area contributed by atoms with Crippen LogP contribution in [0.4, 0.5) is 0 Å². The molecule has 1 saturated heterocycles.